The molecule has 0 aromatic carbocycles. The lowest BCUT2D eigenvalue weighted by molar-refractivity contribution is 0.234. The van der Waals surface area contributed by atoms with Crippen molar-refractivity contribution in [2.45, 2.75) is 25.3 Å². The van der Waals surface area contributed by atoms with Gasteiger partial charge < -0.3 is 5.11 Å². The molecule has 0 spiro atoms. The largest absolute Gasteiger partial charge is 0.396 e. The minimum Gasteiger partial charge on any atom is -0.396 e. The van der Waals surface area contributed by atoms with E-state index in [1.54, 1.807) is 12.4 Å². The second-order valence-electron chi connectivity index (χ2n) is 4.28. The molecule has 5 nitrogen and oxygen atoms in total. The highest BCUT2D eigenvalue weighted by atomic mass is 16.3. The molecule has 0 radical (unpaired) electrons. The summed E-state index contributed by atoms with van der Waals surface area (Å²) in [5.74, 6) is 1.73. The molecule has 1 unspecified atom stereocenters. The number of aliphatic hydroxyl groups is 1. The van der Waals surface area contributed by atoms with Crippen LogP contribution in [0.5, 0.6) is 0 Å². The highest BCUT2D eigenvalue weighted by Crippen LogP contribution is 2.27. The van der Waals surface area contributed by atoms with Gasteiger partial charge in [0, 0.05) is 30.4 Å². The Kier molecular flexibility index (Phi) is 2.60. The maximum Gasteiger partial charge on any atom is 0.182 e. The Bertz CT molecular complexity index is 508. The molecular weight excluding hydrogens is 216 g/mol. The molecule has 0 fully saturated rings. The normalized spacial score (nSPS) is 19.0. The van der Waals surface area contributed by atoms with E-state index in [9.17, 15) is 5.11 Å². The maximum atomic E-state index is 9.32. The third-order valence-corrected chi connectivity index (χ3v) is 3.13. The van der Waals surface area contributed by atoms with E-state index in [2.05, 4.69) is 15.1 Å². The van der Waals surface area contributed by atoms with Crippen molar-refractivity contribution in [1.29, 1.82) is 0 Å². The van der Waals surface area contributed by atoms with Gasteiger partial charge in [-0.15, -0.1) is 0 Å². The average molecular weight is 230 g/mol. The van der Waals surface area contributed by atoms with Crippen LogP contribution in [0.3, 0.4) is 0 Å². The van der Waals surface area contributed by atoms with Gasteiger partial charge in [-0.3, -0.25) is 4.98 Å². The molecule has 2 aromatic rings. The van der Waals surface area contributed by atoms with Crippen LogP contribution in [0.25, 0.3) is 11.4 Å². The zero-order valence-corrected chi connectivity index (χ0v) is 9.45. The Morgan fingerprint density at radius 1 is 1.47 bits per heavy atom. The van der Waals surface area contributed by atoms with Gasteiger partial charge in [0.2, 0.25) is 0 Å². The molecule has 1 aliphatic heterocycles. The molecule has 88 valence electrons. The standard InChI is InChI=1S/C12H14N4O/c17-8-10-4-2-6-16-12(10)14-11(15-16)9-3-1-5-13-7-9/h1,3,5,7,10,17H,2,4,6,8H2. The summed E-state index contributed by atoms with van der Waals surface area (Å²) < 4.78 is 1.91. The lowest BCUT2D eigenvalue weighted by Gasteiger charge is -2.19. The SMILES string of the molecule is OCC1CCCn2nc(-c3cccnc3)nc21. The smallest absolute Gasteiger partial charge is 0.182 e. The first-order valence-electron chi connectivity index (χ1n) is 5.84. The Balaban J connectivity index is 2.02. The zero-order valence-electron chi connectivity index (χ0n) is 9.45. The van der Waals surface area contributed by atoms with Gasteiger partial charge in [-0.1, -0.05) is 0 Å². The minimum absolute atomic E-state index is 0.127. The number of rotatable bonds is 2. The van der Waals surface area contributed by atoms with Crippen LogP contribution in [0.4, 0.5) is 0 Å². The van der Waals surface area contributed by atoms with Crippen LogP contribution in [0.1, 0.15) is 24.6 Å². The predicted octanol–water partition coefficient (Wildman–Crippen LogP) is 1.21. The van der Waals surface area contributed by atoms with Gasteiger partial charge in [-0.2, -0.15) is 5.10 Å². The first kappa shape index (κ1) is 10.4. The average Bonchev–Trinajstić information content (AvgIpc) is 2.83. The second-order valence-corrected chi connectivity index (χ2v) is 4.28. The third-order valence-electron chi connectivity index (χ3n) is 3.13. The number of hydrogen-bond acceptors (Lipinski definition) is 4. The summed E-state index contributed by atoms with van der Waals surface area (Å²) in [6, 6.07) is 3.82. The van der Waals surface area contributed by atoms with Gasteiger partial charge in [0.25, 0.3) is 0 Å². The fourth-order valence-corrected chi connectivity index (χ4v) is 2.23. The molecule has 0 saturated heterocycles. The molecule has 1 atom stereocenters. The van der Waals surface area contributed by atoms with E-state index in [-0.39, 0.29) is 12.5 Å². The monoisotopic (exact) mass is 230 g/mol. The number of pyridine rings is 1. The van der Waals surface area contributed by atoms with E-state index >= 15 is 0 Å². The Hall–Kier alpha value is -1.75. The van der Waals surface area contributed by atoms with Crippen molar-refractivity contribution < 1.29 is 5.11 Å². The Morgan fingerprint density at radius 3 is 3.18 bits per heavy atom. The van der Waals surface area contributed by atoms with Crippen molar-refractivity contribution in [3.8, 4) is 11.4 Å². The summed E-state index contributed by atoms with van der Waals surface area (Å²) in [7, 11) is 0. The summed E-state index contributed by atoms with van der Waals surface area (Å²) >= 11 is 0. The van der Waals surface area contributed by atoms with Gasteiger partial charge in [-0.25, -0.2) is 9.67 Å². The second kappa shape index (κ2) is 4.25. The number of nitrogens with zero attached hydrogens (tertiary/aromatic N) is 4. The fourth-order valence-electron chi connectivity index (χ4n) is 2.23. The predicted molar refractivity (Wildman–Crippen MR) is 62.3 cm³/mol. The highest BCUT2D eigenvalue weighted by molar-refractivity contribution is 5.52. The maximum absolute atomic E-state index is 9.32. The Morgan fingerprint density at radius 2 is 2.41 bits per heavy atom. The van der Waals surface area contributed by atoms with E-state index in [0.29, 0.717) is 5.82 Å². The summed E-state index contributed by atoms with van der Waals surface area (Å²) in [4.78, 5) is 8.59. The Labute approximate surface area is 99.1 Å². The number of aryl methyl sites for hydroxylation is 1. The molecule has 1 aliphatic rings. The summed E-state index contributed by atoms with van der Waals surface area (Å²) in [6.45, 7) is 1.03. The van der Waals surface area contributed by atoms with Crippen LogP contribution in [-0.2, 0) is 6.54 Å². The third kappa shape index (κ3) is 1.82. The van der Waals surface area contributed by atoms with Crippen LogP contribution in [-0.4, -0.2) is 31.5 Å². The molecule has 0 amide bonds. The summed E-state index contributed by atoms with van der Waals surface area (Å²) in [5.41, 5.74) is 0.922. The van der Waals surface area contributed by atoms with Crippen molar-refractivity contribution in [2.24, 2.45) is 0 Å². The molecule has 1 N–H and O–H groups in total. The van der Waals surface area contributed by atoms with Crippen LogP contribution in [0, 0.1) is 0 Å². The molecule has 3 rings (SSSR count). The molecule has 0 saturated carbocycles. The number of fused-ring (bicyclic) bond motifs is 1. The van der Waals surface area contributed by atoms with E-state index in [1.165, 1.54) is 0 Å². The lowest BCUT2D eigenvalue weighted by atomic mass is 10.0. The van der Waals surface area contributed by atoms with Crippen molar-refractivity contribution >= 4 is 0 Å². The van der Waals surface area contributed by atoms with E-state index in [4.69, 9.17) is 0 Å². The first-order chi connectivity index (χ1) is 8.38. The van der Waals surface area contributed by atoms with Crippen LogP contribution < -0.4 is 0 Å². The van der Waals surface area contributed by atoms with Crippen molar-refractivity contribution in [1.82, 2.24) is 19.7 Å². The number of aromatic nitrogens is 4. The van der Waals surface area contributed by atoms with Crippen LogP contribution >= 0.6 is 0 Å². The van der Waals surface area contributed by atoms with E-state index in [0.717, 1.165) is 30.8 Å². The highest BCUT2D eigenvalue weighted by Gasteiger charge is 2.23. The quantitative estimate of drug-likeness (QED) is 0.842. The van der Waals surface area contributed by atoms with Crippen molar-refractivity contribution in [3.63, 3.8) is 0 Å². The van der Waals surface area contributed by atoms with Gasteiger partial charge in [0.05, 0.1) is 6.61 Å². The molecule has 17 heavy (non-hydrogen) atoms. The molecular formula is C12H14N4O. The molecule has 3 heterocycles. The first-order valence-corrected chi connectivity index (χ1v) is 5.84. The minimum atomic E-state index is 0.127. The van der Waals surface area contributed by atoms with E-state index in [1.807, 2.05) is 16.8 Å². The van der Waals surface area contributed by atoms with Crippen LogP contribution in [0.15, 0.2) is 24.5 Å². The number of hydrogen-bond donors (Lipinski definition) is 1. The van der Waals surface area contributed by atoms with E-state index < -0.39 is 0 Å². The zero-order chi connectivity index (χ0) is 11.7. The van der Waals surface area contributed by atoms with Gasteiger partial charge in [-0.05, 0) is 25.0 Å². The molecule has 5 heteroatoms. The molecule has 0 aliphatic carbocycles. The summed E-state index contributed by atoms with van der Waals surface area (Å²) in [5, 5.41) is 13.8. The van der Waals surface area contributed by atoms with Crippen molar-refractivity contribution in [2.75, 3.05) is 6.61 Å². The summed E-state index contributed by atoms with van der Waals surface area (Å²) in [6.07, 6.45) is 5.53. The van der Waals surface area contributed by atoms with Crippen molar-refractivity contribution in [3.05, 3.63) is 30.4 Å². The van der Waals surface area contributed by atoms with Gasteiger partial charge in [0.15, 0.2) is 5.82 Å². The topological polar surface area (TPSA) is 63.8 Å². The van der Waals surface area contributed by atoms with Gasteiger partial charge >= 0.3 is 0 Å². The number of aliphatic hydroxyl groups excluding tert-OH is 1. The molecule has 2 aromatic heterocycles. The lowest BCUT2D eigenvalue weighted by Crippen LogP contribution is -2.19. The van der Waals surface area contributed by atoms with Crippen LogP contribution in [0.2, 0.25) is 0 Å². The van der Waals surface area contributed by atoms with Gasteiger partial charge in [0.1, 0.15) is 5.82 Å². The fraction of sp³-hybridized carbons (Fsp3) is 0.417. The molecule has 0 bridgehead atoms.